The first-order chi connectivity index (χ1) is 15.0. The van der Waals surface area contributed by atoms with Crippen molar-refractivity contribution in [3.8, 4) is 17.2 Å². The van der Waals surface area contributed by atoms with Crippen LogP contribution in [0.25, 0.3) is 11.5 Å². The van der Waals surface area contributed by atoms with Crippen LogP contribution in [0.5, 0.6) is 5.75 Å². The molecule has 3 aromatic rings. The van der Waals surface area contributed by atoms with E-state index in [-0.39, 0.29) is 4.90 Å². The molecule has 2 N–H and O–H groups in total. The minimum absolute atomic E-state index is 0.266. The summed E-state index contributed by atoms with van der Waals surface area (Å²) in [7, 11) is -3.21. The number of aliphatic imine (C=N–C) groups is 1. The van der Waals surface area contributed by atoms with Crippen molar-refractivity contribution in [1.29, 1.82) is 0 Å². The predicted molar refractivity (Wildman–Crippen MR) is 120 cm³/mol. The summed E-state index contributed by atoms with van der Waals surface area (Å²) in [6.45, 7) is 3.99. The van der Waals surface area contributed by atoms with E-state index < -0.39 is 9.84 Å². The van der Waals surface area contributed by atoms with Gasteiger partial charge < -0.3 is 19.8 Å². The van der Waals surface area contributed by atoms with Gasteiger partial charge in [0, 0.05) is 18.4 Å². The number of ether oxygens (including phenoxy) is 1. The van der Waals surface area contributed by atoms with Crippen LogP contribution in [0.15, 0.2) is 75.2 Å². The van der Waals surface area contributed by atoms with Crippen molar-refractivity contribution in [2.24, 2.45) is 4.99 Å². The third kappa shape index (κ3) is 6.85. The number of sulfone groups is 1. The molecule has 0 atom stereocenters. The summed E-state index contributed by atoms with van der Waals surface area (Å²) >= 11 is 0. The van der Waals surface area contributed by atoms with Crippen LogP contribution in [-0.2, 0) is 16.4 Å². The largest absolute Gasteiger partial charge is 0.492 e. The van der Waals surface area contributed by atoms with Crippen molar-refractivity contribution in [1.82, 2.24) is 15.6 Å². The molecule has 1 aromatic heterocycles. The van der Waals surface area contributed by atoms with E-state index in [4.69, 9.17) is 9.15 Å². The first kappa shape index (κ1) is 22.4. The van der Waals surface area contributed by atoms with Crippen molar-refractivity contribution in [3.63, 3.8) is 0 Å². The number of nitrogens with one attached hydrogen (secondary N) is 2. The quantitative estimate of drug-likeness (QED) is 0.298. The maximum absolute atomic E-state index is 11.5. The SMILES string of the molecule is CCNC(=NCc1coc(-c2ccccc2)n1)NCCOc1ccc(S(C)(=O)=O)cc1. The average Bonchev–Trinajstić information content (AvgIpc) is 3.24. The van der Waals surface area contributed by atoms with Crippen LogP contribution < -0.4 is 15.4 Å². The zero-order chi connectivity index (χ0) is 22.1. The molecule has 0 amide bonds. The van der Waals surface area contributed by atoms with E-state index in [1.165, 1.54) is 18.4 Å². The zero-order valence-electron chi connectivity index (χ0n) is 17.5. The van der Waals surface area contributed by atoms with E-state index in [2.05, 4.69) is 20.6 Å². The number of oxazole rings is 1. The predicted octanol–water partition coefficient (Wildman–Crippen LogP) is 2.88. The Balaban J connectivity index is 1.49. The normalized spacial score (nSPS) is 11.9. The van der Waals surface area contributed by atoms with E-state index in [1.807, 2.05) is 37.3 Å². The smallest absolute Gasteiger partial charge is 0.226 e. The Hall–Kier alpha value is -3.33. The molecule has 0 fully saturated rings. The molecule has 0 bridgehead atoms. The third-order valence-electron chi connectivity index (χ3n) is 4.23. The molecule has 164 valence electrons. The molecule has 0 aliphatic rings. The van der Waals surface area contributed by atoms with Gasteiger partial charge in [-0.15, -0.1) is 0 Å². The van der Waals surface area contributed by atoms with Gasteiger partial charge in [-0.25, -0.2) is 18.4 Å². The first-order valence-corrected chi connectivity index (χ1v) is 11.8. The summed E-state index contributed by atoms with van der Waals surface area (Å²) in [6.07, 6.45) is 2.79. The minimum atomic E-state index is -3.21. The topological polar surface area (TPSA) is 106 Å². The fourth-order valence-corrected chi connectivity index (χ4v) is 3.35. The molecule has 3 rings (SSSR count). The fourth-order valence-electron chi connectivity index (χ4n) is 2.72. The van der Waals surface area contributed by atoms with E-state index in [0.29, 0.717) is 43.8 Å². The van der Waals surface area contributed by atoms with Crippen molar-refractivity contribution < 1.29 is 17.6 Å². The number of nitrogens with zero attached hydrogens (tertiary/aromatic N) is 2. The lowest BCUT2D eigenvalue weighted by Crippen LogP contribution is -2.39. The Kier molecular flexibility index (Phi) is 7.66. The van der Waals surface area contributed by atoms with Gasteiger partial charge in [0.15, 0.2) is 15.8 Å². The highest BCUT2D eigenvalue weighted by Gasteiger charge is 2.07. The van der Waals surface area contributed by atoms with E-state index in [1.54, 1.807) is 18.4 Å². The number of guanidine groups is 1. The molecule has 0 aliphatic carbocycles. The maximum Gasteiger partial charge on any atom is 0.226 e. The van der Waals surface area contributed by atoms with Gasteiger partial charge >= 0.3 is 0 Å². The number of hydrogen-bond donors (Lipinski definition) is 2. The Labute approximate surface area is 182 Å². The number of rotatable bonds is 9. The molecule has 0 saturated heterocycles. The molecule has 31 heavy (non-hydrogen) atoms. The molecule has 0 radical (unpaired) electrons. The average molecular weight is 443 g/mol. The van der Waals surface area contributed by atoms with Crippen molar-refractivity contribution >= 4 is 15.8 Å². The summed E-state index contributed by atoms with van der Waals surface area (Å²) in [4.78, 5) is 9.27. The second-order valence-electron chi connectivity index (χ2n) is 6.72. The summed E-state index contributed by atoms with van der Waals surface area (Å²) in [5.74, 6) is 1.81. The van der Waals surface area contributed by atoms with Crippen LogP contribution in [0.1, 0.15) is 12.6 Å². The van der Waals surface area contributed by atoms with Crippen LogP contribution >= 0.6 is 0 Å². The van der Waals surface area contributed by atoms with Gasteiger partial charge in [0.2, 0.25) is 5.89 Å². The highest BCUT2D eigenvalue weighted by atomic mass is 32.2. The minimum Gasteiger partial charge on any atom is -0.492 e. The van der Waals surface area contributed by atoms with Gasteiger partial charge in [0.25, 0.3) is 0 Å². The van der Waals surface area contributed by atoms with Gasteiger partial charge in [-0.3, -0.25) is 0 Å². The molecule has 0 spiro atoms. The van der Waals surface area contributed by atoms with Gasteiger partial charge in [-0.2, -0.15) is 0 Å². The lowest BCUT2D eigenvalue weighted by molar-refractivity contribution is 0.321. The van der Waals surface area contributed by atoms with Crippen LogP contribution in [-0.4, -0.2) is 45.3 Å². The molecule has 0 aliphatic heterocycles. The Bertz CT molecular complexity index is 1090. The van der Waals surface area contributed by atoms with E-state index >= 15 is 0 Å². The Morgan fingerprint density at radius 1 is 1.10 bits per heavy atom. The molecule has 0 unspecified atom stereocenters. The zero-order valence-corrected chi connectivity index (χ0v) is 18.4. The van der Waals surface area contributed by atoms with Crippen LogP contribution in [0.4, 0.5) is 0 Å². The van der Waals surface area contributed by atoms with Crippen LogP contribution in [0, 0.1) is 0 Å². The van der Waals surface area contributed by atoms with Gasteiger partial charge in [0.1, 0.15) is 24.3 Å². The molecular formula is C22H26N4O4S. The maximum atomic E-state index is 11.5. The number of aromatic nitrogens is 1. The lowest BCUT2D eigenvalue weighted by Gasteiger charge is -2.12. The number of hydrogen-bond acceptors (Lipinski definition) is 6. The van der Waals surface area contributed by atoms with Gasteiger partial charge in [-0.05, 0) is 43.3 Å². The summed E-state index contributed by atoms with van der Waals surface area (Å²) < 4.78 is 34.2. The highest BCUT2D eigenvalue weighted by molar-refractivity contribution is 7.90. The molecule has 9 heteroatoms. The van der Waals surface area contributed by atoms with Crippen LogP contribution in [0.2, 0.25) is 0 Å². The fraction of sp³-hybridized carbons (Fsp3) is 0.273. The lowest BCUT2D eigenvalue weighted by atomic mass is 10.2. The summed E-state index contributed by atoms with van der Waals surface area (Å²) in [5.41, 5.74) is 1.66. The van der Waals surface area contributed by atoms with E-state index in [9.17, 15) is 8.42 Å². The first-order valence-electron chi connectivity index (χ1n) is 9.90. The van der Waals surface area contributed by atoms with Gasteiger partial charge in [-0.1, -0.05) is 18.2 Å². The standard InChI is InChI=1S/C22H26N4O4S/c1-3-23-22(24-13-14-29-19-9-11-20(12-10-19)31(2,27)28)25-15-18-16-30-21(26-18)17-7-5-4-6-8-17/h4-12,16H,3,13-15H2,1-2H3,(H2,23,24,25). The van der Waals surface area contributed by atoms with Crippen molar-refractivity contribution in [2.75, 3.05) is 26.0 Å². The Morgan fingerprint density at radius 2 is 1.84 bits per heavy atom. The summed E-state index contributed by atoms with van der Waals surface area (Å²) in [5, 5.41) is 6.37. The second-order valence-corrected chi connectivity index (χ2v) is 8.74. The monoisotopic (exact) mass is 442 g/mol. The summed E-state index contributed by atoms with van der Waals surface area (Å²) in [6, 6.07) is 16.1. The molecule has 0 saturated carbocycles. The Morgan fingerprint density at radius 3 is 2.52 bits per heavy atom. The molecule has 2 aromatic carbocycles. The third-order valence-corrected chi connectivity index (χ3v) is 5.36. The van der Waals surface area contributed by atoms with Gasteiger partial charge in [0.05, 0.1) is 18.0 Å². The van der Waals surface area contributed by atoms with Crippen LogP contribution in [0.3, 0.4) is 0 Å². The molecule has 8 nitrogen and oxygen atoms in total. The molecule has 1 heterocycles. The highest BCUT2D eigenvalue weighted by Crippen LogP contribution is 2.18. The second kappa shape index (κ2) is 10.6. The van der Waals surface area contributed by atoms with E-state index in [0.717, 1.165) is 11.3 Å². The van der Waals surface area contributed by atoms with Crippen molar-refractivity contribution in [2.45, 2.75) is 18.4 Å². The number of benzene rings is 2. The molecular weight excluding hydrogens is 416 g/mol. The van der Waals surface area contributed by atoms with Crippen molar-refractivity contribution in [3.05, 3.63) is 66.6 Å².